The smallest absolute Gasteiger partial charge is 0.262 e. The Labute approximate surface area is 310 Å². The van der Waals surface area contributed by atoms with E-state index in [1.54, 1.807) is 31.0 Å². The third-order valence-electron chi connectivity index (χ3n) is 8.93. The summed E-state index contributed by atoms with van der Waals surface area (Å²) in [6.45, 7) is 15.3. The number of aromatic nitrogens is 1. The van der Waals surface area contributed by atoms with Gasteiger partial charge < -0.3 is 14.2 Å². The van der Waals surface area contributed by atoms with Crippen molar-refractivity contribution in [2.45, 2.75) is 75.6 Å². The van der Waals surface area contributed by atoms with Crippen LogP contribution in [0.15, 0.2) is 115 Å². The van der Waals surface area contributed by atoms with Gasteiger partial charge in [-0.1, -0.05) is 85.0 Å². The average molecular weight is 747 g/mol. The predicted octanol–water partition coefficient (Wildman–Crippen LogP) is 10.3. The first kappa shape index (κ1) is 38.0. The second kappa shape index (κ2) is 15.9. The number of aryl methyl sites for hydroxylation is 2. The number of hydrogen-bond acceptors (Lipinski definition) is 8. The largest absolute Gasteiger partial charge is 0.744 e. The second-order valence-electron chi connectivity index (χ2n) is 13.2. The van der Waals surface area contributed by atoms with E-state index in [2.05, 4.69) is 111 Å². The number of thioether (sulfide) groups is 2. The maximum absolute atomic E-state index is 10.4. The molecule has 0 amide bonds. The molecule has 1 aromatic heterocycles. The third-order valence-corrected chi connectivity index (χ3v) is 12.8. The van der Waals surface area contributed by atoms with Crippen LogP contribution in [0.2, 0.25) is 0 Å². The monoisotopic (exact) mass is 746 g/mol. The lowest BCUT2D eigenvalue weighted by molar-refractivity contribution is -0.690. The van der Waals surface area contributed by atoms with Gasteiger partial charge in [0.15, 0.2) is 6.20 Å². The SMILES string of the molecule is CCN1/C(=C/C2=C(C)C(=C/c3sc(-c4ccccc4)c[n+]3CC)/CC(C)(C)C2)Sc2cc(SC)c(OC)cc21.Cc1ccc(S(=O)(=O)[O-])cc1. The van der Waals surface area contributed by atoms with E-state index < -0.39 is 10.1 Å². The number of nitrogens with zero attached hydrogens (tertiary/aromatic N) is 2. The molecule has 3 aromatic carbocycles. The zero-order valence-electron chi connectivity index (χ0n) is 30.1. The van der Waals surface area contributed by atoms with Gasteiger partial charge in [-0.3, -0.25) is 0 Å². The van der Waals surface area contributed by atoms with E-state index in [-0.39, 0.29) is 10.3 Å². The zero-order valence-corrected chi connectivity index (χ0v) is 33.3. The minimum absolute atomic E-state index is 0.178. The van der Waals surface area contributed by atoms with Gasteiger partial charge in [0, 0.05) is 23.6 Å². The Morgan fingerprint density at radius 1 is 1.02 bits per heavy atom. The minimum Gasteiger partial charge on any atom is -0.744 e. The van der Waals surface area contributed by atoms with Crippen LogP contribution in [-0.2, 0) is 16.7 Å². The molecule has 0 saturated carbocycles. The molecule has 6 nitrogen and oxygen atoms in total. The highest BCUT2D eigenvalue weighted by Gasteiger charge is 2.32. The summed E-state index contributed by atoms with van der Waals surface area (Å²) in [6, 6.07) is 21.0. The number of rotatable bonds is 8. The molecule has 1 aliphatic carbocycles. The number of ether oxygens (including phenoxy) is 1. The Hall–Kier alpha value is -3.28. The van der Waals surface area contributed by atoms with E-state index >= 15 is 0 Å². The highest BCUT2D eigenvalue weighted by Crippen LogP contribution is 2.51. The summed E-state index contributed by atoms with van der Waals surface area (Å²) in [5.74, 6) is 0.955. The average Bonchev–Trinajstić information content (AvgIpc) is 3.66. The molecule has 0 atom stereocenters. The fraction of sp³-hybridized carbons (Fsp3) is 0.325. The molecular weight excluding hydrogens is 701 g/mol. The van der Waals surface area contributed by atoms with Crippen LogP contribution in [0.5, 0.6) is 5.75 Å². The molecule has 10 heteroatoms. The van der Waals surface area contributed by atoms with Crippen molar-refractivity contribution in [1.82, 2.24) is 0 Å². The summed E-state index contributed by atoms with van der Waals surface area (Å²) >= 11 is 5.52. The Balaban J connectivity index is 0.000000377. The van der Waals surface area contributed by atoms with Crippen molar-refractivity contribution in [3.8, 4) is 16.2 Å². The van der Waals surface area contributed by atoms with Gasteiger partial charge in [-0.25, -0.2) is 8.42 Å². The van der Waals surface area contributed by atoms with E-state index in [9.17, 15) is 13.0 Å². The summed E-state index contributed by atoms with van der Waals surface area (Å²) in [5, 5.41) is 2.63. The van der Waals surface area contributed by atoms with Gasteiger partial charge in [-0.15, -0.1) is 11.8 Å². The lowest BCUT2D eigenvalue weighted by Crippen LogP contribution is -2.32. The molecule has 264 valence electrons. The van der Waals surface area contributed by atoms with Crippen LogP contribution in [0.25, 0.3) is 16.5 Å². The minimum atomic E-state index is -4.27. The van der Waals surface area contributed by atoms with Crippen molar-refractivity contribution in [3.63, 3.8) is 0 Å². The molecule has 0 spiro atoms. The number of methoxy groups -OCH3 is 1. The second-order valence-corrected chi connectivity index (χ2v) is 17.5. The first-order valence-corrected chi connectivity index (χ1v) is 21.0. The fourth-order valence-electron chi connectivity index (χ4n) is 6.25. The first-order chi connectivity index (χ1) is 23.8. The lowest BCUT2D eigenvalue weighted by atomic mass is 9.72. The van der Waals surface area contributed by atoms with Crippen molar-refractivity contribution in [2.24, 2.45) is 5.41 Å². The topological polar surface area (TPSA) is 73.5 Å². The van der Waals surface area contributed by atoms with E-state index in [4.69, 9.17) is 4.74 Å². The summed E-state index contributed by atoms with van der Waals surface area (Å²) in [5.41, 5.74) is 8.00. The van der Waals surface area contributed by atoms with Gasteiger partial charge in [0.05, 0.1) is 27.6 Å². The lowest BCUT2D eigenvalue weighted by Gasteiger charge is -2.33. The van der Waals surface area contributed by atoms with Gasteiger partial charge in [0.25, 0.3) is 5.01 Å². The van der Waals surface area contributed by atoms with E-state index in [0.29, 0.717) is 0 Å². The molecule has 0 N–H and O–H groups in total. The van der Waals surface area contributed by atoms with Crippen LogP contribution in [0.3, 0.4) is 0 Å². The Bertz CT molecular complexity index is 2040. The van der Waals surface area contributed by atoms with Crippen molar-refractivity contribution >= 4 is 56.7 Å². The molecule has 0 unspecified atom stereocenters. The molecule has 0 radical (unpaired) electrons. The maximum Gasteiger partial charge on any atom is 0.262 e. The number of allylic oxidation sites excluding steroid dienone is 4. The summed E-state index contributed by atoms with van der Waals surface area (Å²) in [7, 11) is -2.50. The van der Waals surface area contributed by atoms with Gasteiger partial charge in [-0.2, -0.15) is 4.57 Å². The van der Waals surface area contributed by atoms with Crippen LogP contribution in [0.1, 0.15) is 58.0 Å². The van der Waals surface area contributed by atoms with Crippen LogP contribution in [0.4, 0.5) is 5.69 Å². The third kappa shape index (κ3) is 8.77. The normalized spacial score (nSPS) is 17.2. The standard InChI is InChI=1S/C33H39N2OS3.C7H8O3S/c1-8-34-21-30(23-13-11-10-12-14-23)39-31(34)15-24-19-33(4,5)20-25(22(24)3)16-32-35(9-2)26-17-27(36-6)29(37-7)18-28(26)38-32;1-6-2-4-7(5-3-6)11(8,9)10/h10-18,21H,8-9,19-20H2,1-7H3;2-5H,1H3,(H,8,9,10)/q+1;/p-1. The molecule has 0 bridgehead atoms. The predicted molar refractivity (Wildman–Crippen MR) is 210 cm³/mol. The summed E-state index contributed by atoms with van der Waals surface area (Å²) in [4.78, 5) is 6.09. The van der Waals surface area contributed by atoms with Crippen LogP contribution >= 0.6 is 34.9 Å². The molecule has 6 rings (SSSR count). The van der Waals surface area contributed by atoms with Gasteiger partial charge in [0.2, 0.25) is 0 Å². The Kier molecular flexibility index (Phi) is 12.1. The highest BCUT2D eigenvalue weighted by atomic mass is 32.2. The maximum atomic E-state index is 10.4. The Morgan fingerprint density at radius 2 is 1.72 bits per heavy atom. The van der Waals surface area contributed by atoms with Gasteiger partial charge in [0.1, 0.15) is 27.3 Å². The number of fused-ring (bicyclic) bond motifs is 1. The molecular formula is C40H46N2O4S4. The number of thiazole rings is 1. The van der Waals surface area contributed by atoms with Gasteiger partial charge in [-0.05, 0) is 98.8 Å². The molecule has 2 heterocycles. The van der Waals surface area contributed by atoms with Crippen molar-refractivity contribution in [3.05, 3.63) is 111 Å². The first-order valence-electron chi connectivity index (χ1n) is 16.7. The molecule has 2 aliphatic rings. The summed E-state index contributed by atoms with van der Waals surface area (Å²) in [6.07, 6.45) is 11.5. The van der Waals surface area contributed by atoms with E-state index in [0.717, 1.165) is 37.2 Å². The molecule has 4 aromatic rings. The highest BCUT2D eigenvalue weighted by molar-refractivity contribution is 8.03. The van der Waals surface area contributed by atoms with E-state index in [1.807, 2.05) is 30.0 Å². The quantitative estimate of drug-likeness (QED) is 0.101. The Morgan fingerprint density at radius 3 is 2.32 bits per heavy atom. The number of anilines is 1. The fourth-order valence-corrected chi connectivity index (χ4v) is 9.74. The van der Waals surface area contributed by atoms with Crippen molar-refractivity contribution < 1.29 is 22.3 Å². The zero-order chi connectivity index (χ0) is 36.2. The molecule has 0 saturated heterocycles. The van der Waals surface area contributed by atoms with Crippen LogP contribution < -0.4 is 14.2 Å². The van der Waals surface area contributed by atoms with Gasteiger partial charge >= 0.3 is 0 Å². The summed E-state index contributed by atoms with van der Waals surface area (Å²) < 4.78 is 39.3. The van der Waals surface area contributed by atoms with Crippen molar-refractivity contribution in [2.75, 3.05) is 24.8 Å². The molecule has 50 heavy (non-hydrogen) atoms. The van der Waals surface area contributed by atoms with E-state index in [1.165, 1.54) is 64.8 Å². The van der Waals surface area contributed by atoms with Crippen molar-refractivity contribution in [1.29, 1.82) is 0 Å². The van der Waals surface area contributed by atoms with Crippen LogP contribution in [-0.4, -0.2) is 32.9 Å². The molecule has 0 fully saturated rings. The molecule has 1 aliphatic heterocycles. The number of hydrogen-bond donors (Lipinski definition) is 0. The van der Waals surface area contributed by atoms with Crippen LogP contribution in [0, 0.1) is 12.3 Å². The number of benzene rings is 3.